The van der Waals surface area contributed by atoms with Gasteiger partial charge >= 0.3 is 0 Å². The highest BCUT2D eigenvalue weighted by Crippen LogP contribution is 2.30. The quantitative estimate of drug-likeness (QED) is 0.827. The molecule has 0 bridgehead atoms. The van der Waals surface area contributed by atoms with Gasteiger partial charge in [-0.05, 0) is 18.2 Å². The average Bonchev–Trinajstić information content (AvgIpc) is 2.15. The van der Waals surface area contributed by atoms with Crippen molar-refractivity contribution >= 4 is 33.1 Å². The van der Waals surface area contributed by atoms with E-state index in [1.807, 2.05) is 0 Å². The van der Waals surface area contributed by atoms with Crippen molar-refractivity contribution in [3.8, 4) is 0 Å². The maximum absolute atomic E-state index is 11.8. The van der Waals surface area contributed by atoms with Crippen LogP contribution in [0.15, 0.2) is 40.1 Å². The van der Waals surface area contributed by atoms with Crippen LogP contribution in [0.2, 0.25) is 5.02 Å². The third kappa shape index (κ3) is 1.96. The first-order chi connectivity index (χ1) is 7.53. The van der Waals surface area contributed by atoms with E-state index in [1.165, 1.54) is 12.1 Å². The minimum atomic E-state index is -3.61. The Morgan fingerprint density at radius 1 is 1.50 bits per heavy atom. The molecule has 0 spiro atoms. The zero-order valence-corrected chi connectivity index (χ0v) is 9.85. The molecule has 6 heteroatoms. The van der Waals surface area contributed by atoms with Crippen LogP contribution in [0.4, 0.5) is 5.69 Å². The van der Waals surface area contributed by atoms with E-state index in [4.69, 9.17) is 11.6 Å². The van der Waals surface area contributed by atoms with Crippen molar-refractivity contribution in [1.82, 2.24) is 0 Å². The Morgan fingerprint density at radius 2 is 2.25 bits per heavy atom. The summed E-state index contributed by atoms with van der Waals surface area (Å²) in [4.78, 5) is 0.143. The van der Waals surface area contributed by atoms with Crippen LogP contribution in [0, 0.1) is 0 Å². The molecule has 0 unspecified atom stereocenters. The molecule has 1 heterocycles. The van der Waals surface area contributed by atoms with Crippen LogP contribution in [0.25, 0.3) is 0 Å². The normalized spacial score (nSPS) is 16.9. The maximum atomic E-state index is 11.8. The Hall–Kier alpha value is -1.33. The SMILES string of the molecule is C=CCC1=NS(=O)(=O)c2ccc(Cl)cc2N1. The zero-order chi connectivity index (χ0) is 11.8. The number of anilines is 1. The molecule has 1 N–H and O–H groups in total. The topological polar surface area (TPSA) is 58.5 Å². The number of amidine groups is 1. The van der Waals surface area contributed by atoms with Crippen molar-refractivity contribution in [3.63, 3.8) is 0 Å². The summed E-state index contributed by atoms with van der Waals surface area (Å²) in [6, 6.07) is 4.52. The van der Waals surface area contributed by atoms with Crippen molar-refractivity contribution in [1.29, 1.82) is 0 Å². The minimum absolute atomic E-state index is 0.143. The Bertz CT molecular complexity index is 578. The third-order valence-corrected chi connectivity index (χ3v) is 3.67. The van der Waals surface area contributed by atoms with Crippen LogP contribution in [0.3, 0.4) is 0 Å². The second-order valence-electron chi connectivity index (χ2n) is 3.27. The first kappa shape index (κ1) is 11.2. The summed E-state index contributed by atoms with van der Waals surface area (Å²) >= 11 is 5.80. The van der Waals surface area contributed by atoms with E-state index >= 15 is 0 Å². The Labute approximate surface area is 98.7 Å². The first-order valence-electron chi connectivity index (χ1n) is 4.54. The predicted molar refractivity (Wildman–Crippen MR) is 64.5 cm³/mol. The second kappa shape index (κ2) is 3.92. The van der Waals surface area contributed by atoms with Gasteiger partial charge in [0.15, 0.2) is 0 Å². The summed E-state index contributed by atoms with van der Waals surface area (Å²) in [5, 5.41) is 3.38. The highest BCUT2D eigenvalue weighted by atomic mass is 35.5. The smallest absolute Gasteiger partial charge is 0.286 e. The predicted octanol–water partition coefficient (Wildman–Crippen LogP) is 2.43. The van der Waals surface area contributed by atoms with E-state index in [-0.39, 0.29) is 4.90 Å². The van der Waals surface area contributed by atoms with Crippen molar-refractivity contribution in [2.75, 3.05) is 5.32 Å². The van der Waals surface area contributed by atoms with Gasteiger partial charge in [-0.25, -0.2) is 0 Å². The van der Waals surface area contributed by atoms with E-state index in [9.17, 15) is 8.42 Å². The van der Waals surface area contributed by atoms with Crippen molar-refractivity contribution in [2.45, 2.75) is 11.3 Å². The van der Waals surface area contributed by atoms with Crippen LogP contribution in [0.5, 0.6) is 0 Å². The van der Waals surface area contributed by atoms with Crippen molar-refractivity contribution in [2.24, 2.45) is 4.40 Å². The Kier molecular flexibility index (Phi) is 2.73. The van der Waals surface area contributed by atoms with Gasteiger partial charge < -0.3 is 5.32 Å². The van der Waals surface area contributed by atoms with Gasteiger partial charge in [0.2, 0.25) is 0 Å². The summed E-state index contributed by atoms with van der Waals surface area (Å²) in [7, 11) is -3.61. The molecular formula is C10H9ClN2O2S. The first-order valence-corrected chi connectivity index (χ1v) is 6.36. The molecule has 0 saturated carbocycles. The van der Waals surface area contributed by atoms with Gasteiger partial charge in [0.05, 0.1) is 5.69 Å². The fourth-order valence-electron chi connectivity index (χ4n) is 1.42. The van der Waals surface area contributed by atoms with E-state index < -0.39 is 10.0 Å². The molecule has 1 aromatic rings. The molecule has 0 radical (unpaired) electrons. The number of sulfonamides is 1. The highest BCUT2D eigenvalue weighted by Gasteiger charge is 2.24. The molecule has 0 amide bonds. The average molecular weight is 257 g/mol. The zero-order valence-electron chi connectivity index (χ0n) is 8.27. The lowest BCUT2D eigenvalue weighted by Gasteiger charge is -2.17. The molecule has 0 fully saturated rings. The molecule has 0 saturated heterocycles. The number of hydrogen-bond acceptors (Lipinski definition) is 3. The molecule has 1 aliphatic rings. The molecule has 2 rings (SSSR count). The number of rotatable bonds is 2. The number of benzene rings is 1. The van der Waals surface area contributed by atoms with Crippen LogP contribution < -0.4 is 5.32 Å². The molecule has 1 aliphatic heterocycles. The molecule has 0 aromatic heterocycles. The van der Waals surface area contributed by atoms with Crippen LogP contribution in [0.1, 0.15) is 6.42 Å². The highest BCUT2D eigenvalue weighted by molar-refractivity contribution is 7.90. The summed E-state index contributed by atoms with van der Waals surface area (Å²) in [5.74, 6) is 0.352. The molecule has 16 heavy (non-hydrogen) atoms. The summed E-state index contributed by atoms with van der Waals surface area (Å²) < 4.78 is 27.2. The molecule has 84 valence electrons. The standard InChI is InChI=1S/C10H9ClN2O2S/c1-2-3-10-12-8-6-7(11)4-5-9(8)16(14,15)13-10/h2,4-6H,1,3H2,(H,12,13). The number of hydrogen-bond donors (Lipinski definition) is 1. The van der Waals surface area contributed by atoms with Gasteiger partial charge in [0, 0.05) is 11.4 Å². The van der Waals surface area contributed by atoms with Gasteiger partial charge in [-0.3, -0.25) is 0 Å². The number of nitrogens with one attached hydrogen (secondary N) is 1. The fourth-order valence-corrected chi connectivity index (χ4v) is 2.73. The van der Waals surface area contributed by atoms with E-state index in [1.54, 1.807) is 12.1 Å². The second-order valence-corrected chi connectivity index (χ2v) is 5.28. The van der Waals surface area contributed by atoms with Gasteiger partial charge in [-0.2, -0.15) is 8.42 Å². The monoisotopic (exact) mass is 256 g/mol. The molecular weight excluding hydrogens is 248 g/mol. The number of halogens is 1. The van der Waals surface area contributed by atoms with Gasteiger partial charge in [0.25, 0.3) is 10.0 Å². The molecule has 4 nitrogen and oxygen atoms in total. The lowest BCUT2D eigenvalue weighted by atomic mass is 10.3. The van der Waals surface area contributed by atoms with Crippen molar-refractivity contribution in [3.05, 3.63) is 35.9 Å². The van der Waals surface area contributed by atoms with Gasteiger partial charge in [-0.15, -0.1) is 11.0 Å². The van der Waals surface area contributed by atoms with Crippen LogP contribution >= 0.6 is 11.6 Å². The van der Waals surface area contributed by atoms with Crippen molar-refractivity contribution < 1.29 is 8.42 Å². The summed E-state index contributed by atoms with van der Waals surface area (Å²) in [6.45, 7) is 3.53. The van der Waals surface area contributed by atoms with E-state index in [2.05, 4.69) is 16.3 Å². The molecule has 1 aromatic carbocycles. The van der Waals surface area contributed by atoms with Gasteiger partial charge in [-0.1, -0.05) is 17.7 Å². The Balaban J connectivity index is 2.56. The Morgan fingerprint density at radius 3 is 2.94 bits per heavy atom. The lowest BCUT2D eigenvalue weighted by molar-refractivity contribution is 0.597. The van der Waals surface area contributed by atoms with Crippen LogP contribution in [-0.2, 0) is 10.0 Å². The molecule has 0 aliphatic carbocycles. The third-order valence-electron chi connectivity index (χ3n) is 2.07. The van der Waals surface area contributed by atoms with E-state index in [0.29, 0.717) is 23.0 Å². The minimum Gasteiger partial charge on any atom is -0.342 e. The maximum Gasteiger partial charge on any atom is 0.286 e. The largest absolute Gasteiger partial charge is 0.342 e. The van der Waals surface area contributed by atoms with E-state index in [0.717, 1.165) is 0 Å². The fraction of sp³-hybridized carbons (Fsp3) is 0.100. The lowest BCUT2D eigenvalue weighted by Crippen LogP contribution is -2.20. The summed E-state index contributed by atoms with van der Waals surface area (Å²) in [5.41, 5.74) is 0.458. The summed E-state index contributed by atoms with van der Waals surface area (Å²) in [6.07, 6.45) is 1.95. The van der Waals surface area contributed by atoms with Gasteiger partial charge in [0.1, 0.15) is 10.7 Å². The number of fused-ring (bicyclic) bond motifs is 1. The molecule has 0 atom stereocenters. The number of nitrogens with zero attached hydrogens (tertiary/aromatic N) is 1. The van der Waals surface area contributed by atoms with Crippen LogP contribution in [-0.4, -0.2) is 14.3 Å².